The lowest BCUT2D eigenvalue weighted by molar-refractivity contribution is 0.602. The Hall–Kier alpha value is -0.990. The fraction of sp³-hybridized carbons (Fsp3) is 0.789. The van der Waals surface area contributed by atoms with Crippen molar-refractivity contribution in [2.24, 2.45) is 0 Å². The summed E-state index contributed by atoms with van der Waals surface area (Å²) in [7, 11) is 0. The molecule has 3 heteroatoms. The molecule has 0 aromatic carbocycles. The van der Waals surface area contributed by atoms with E-state index in [0.717, 1.165) is 30.3 Å². The molecule has 0 fully saturated rings. The highest BCUT2D eigenvalue weighted by atomic mass is 15.0. The van der Waals surface area contributed by atoms with E-state index in [1.54, 1.807) is 0 Å². The van der Waals surface area contributed by atoms with Crippen molar-refractivity contribution < 1.29 is 0 Å². The van der Waals surface area contributed by atoms with Gasteiger partial charge in [0.15, 0.2) is 0 Å². The first-order valence-electron chi connectivity index (χ1n) is 9.32. The molecule has 1 heterocycles. The van der Waals surface area contributed by atoms with Gasteiger partial charge in [-0.2, -0.15) is 0 Å². The standard InChI is InChI=1S/C19H34N3/c1-4-7-9-11-13-15-18-20-17(6-3)21-19(22-18)16-14-12-10-8-5-2/h3-16H2,1-2H3. The van der Waals surface area contributed by atoms with Crippen LogP contribution >= 0.6 is 0 Å². The fourth-order valence-electron chi connectivity index (χ4n) is 2.63. The number of aromatic nitrogens is 3. The van der Waals surface area contributed by atoms with Crippen LogP contribution in [0.4, 0.5) is 0 Å². The highest BCUT2D eigenvalue weighted by molar-refractivity contribution is 4.99. The summed E-state index contributed by atoms with van der Waals surface area (Å²) in [6.07, 6.45) is 15.5. The highest BCUT2D eigenvalue weighted by Gasteiger charge is 2.05. The predicted octanol–water partition coefficient (Wildman–Crippen LogP) is 5.27. The number of hydrogen-bond donors (Lipinski definition) is 0. The summed E-state index contributed by atoms with van der Waals surface area (Å²) < 4.78 is 0. The Kier molecular flexibility index (Phi) is 10.9. The molecule has 0 aliphatic heterocycles. The van der Waals surface area contributed by atoms with Crippen LogP contribution in [0.25, 0.3) is 0 Å². The Morgan fingerprint density at radius 3 is 1.41 bits per heavy atom. The second kappa shape index (κ2) is 12.5. The monoisotopic (exact) mass is 304 g/mol. The van der Waals surface area contributed by atoms with Crippen molar-refractivity contribution in [1.82, 2.24) is 15.0 Å². The maximum atomic E-state index is 4.67. The van der Waals surface area contributed by atoms with Gasteiger partial charge in [0, 0.05) is 19.3 Å². The average molecular weight is 305 g/mol. The van der Waals surface area contributed by atoms with Crippen molar-refractivity contribution in [2.45, 2.75) is 97.3 Å². The zero-order chi connectivity index (χ0) is 16.0. The van der Waals surface area contributed by atoms with E-state index in [1.165, 1.54) is 64.2 Å². The molecule has 0 N–H and O–H groups in total. The summed E-state index contributed by atoms with van der Waals surface area (Å²) in [6.45, 7) is 8.43. The lowest BCUT2D eigenvalue weighted by Gasteiger charge is -2.06. The fourth-order valence-corrected chi connectivity index (χ4v) is 2.63. The molecule has 3 nitrogen and oxygen atoms in total. The van der Waals surface area contributed by atoms with Crippen molar-refractivity contribution in [3.63, 3.8) is 0 Å². The molecule has 22 heavy (non-hydrogen) atoms. The smallest absolute Gasteiger partial charge is 0.132 e. The molecule has 0 saturated heterocycles. The zero-order valence-electron chi connectivity index (χ0n) is 14.7. The van der Waals surface area contributed by atoms with Crippen molar-refractivity contribution in [2.75, 3.05) is 0 Å². The molecule has 0 atom stereocenters. The van der Waals surface area contributed by atoms with Gasteiger partial charge in [0.05, 0.1) is 0 Å². The number of aryl methyl sites for hydroxylation is 2. The Morgan fingerprint density at radius 2 is 1.00 bits per heavy atom. The van der Waals surface area contributed by atoms with Gasteiger partial charge in [-0.05, 0) is 19.8 Å². The van der Waals surface area contributed by atoms with Gasteiger partial charge < -0.3 is 0 Å². The highest BCUT2D eigenvalue weighted by Crippen LogP contribution is 2.09. The van der Waals surface area contributed by atoms with E-state index < -0.39 is 0 Å². The van der Waals surface area contributed by atoms with E-state index in [9.17, 15) is 0 Å². The SMILES string of the molecule is [CH2]Cc1nc(CCCCCCC)nc(CCCCCCC)n1. The van der Waals surface area contributed by atoms with Crippen molar-refractivity contribution in [3.8, 4) is 0 Å². The quantitative estimate of drug-likeness (QED) is 0.466. The molecular weight excluding hydrogens is 270 g/mol. The first-order valence-corrected chi connectivity index (χ1v) is 9.32. The Morgan fingerprint density at radius 1 is 0.591 bits per heavy atom. The van der Waals surface area contributed by atoms with Gasteiger partial charge in [0.2, 0.25) is 0 Å². The molecule has 1 aromatic rings. The first-order chi connectivity index (χ1) is 10.8. The van der Waals surface area contributed by atoms with Crippen LogP contribution in [0.5, 0.6) is 0 Å². The van der Waals surface area contributed by atoms with E-state index in [-0.39, 0.29) is 0 Å². The maximum Gasteiger partial charge on any atom is 0.132 e. The van der Waals surface area contributed by atoms with E-state index in [4.69, 9.17) is 0 Å². The minimum atomic E-state index is 0.661. The van der Waals surface area contributed by atoms with Gasteiger partial charge in [0.1, 0.15) is 17.5 Å². The first kappa shape index (κ1) is 19.1. The minimum Gasteiger partial charge on any atom is -0.218 e. The Bertz CT molecular complexity index is 358. The van der Waals surface area contributed by atoms with Gasteiger partial charge in [-0.15, -0.1) is 0 Å². The average Bonchev–Trinajstić information content (AvgIpc) is 2.54. The third kappa shape index (κ3) is 8.45. The molecule has 1 radical (unpaired) electrons. The molecule has 1 aromatic heterocycles. The summed E-state index contributed by atoms with van der Waals surface area (Å²) in [5, 5.41) is 0. The normalized spacial score (nSPS) is 11.0. The summed E-state index contributed by atoms with van der Waals surface area (Å²) in [6, 6.07) is 0. The van der Waals surface area contributed by atoms with Gasteiger partial charge in [-0.1, -0.05) is 65.2 Å². The number of nitrogens with zero attached hydrogens (tertiary/aromatic N) is 3. The molecule has 0 aliphatic carbocycles. The maximum absolute atomic E-state index is 4.67. The Labute approximate surface area is 137 Å². The summed E-state index contributed by atoms with van der Waals surface area (Å²) in [4.78, 5) is 13.8. The molecule has 0 unspecified atom stereocenters. The topological polar surface area (TPSA) is 38.7 Å². The summed E-state index contributed by atoms with van der Waals surface area (Å²) in [5.74, 6) is 2.82. The van der Waals surface area contributed by atoms with Crippen LogP contribution in [-0.4, -0.2) is 15.0 Å². The summed E-state index contributed by atoms with van der Waals surface area (Å²) in [5.41, 5.74) is 0. The van der Waals surface area contributed by atoms with Crippen molar-refractivity contribution in [1.29, 1.82) is 0 Å². The zero-order valence-corrected chi connectivity index (χ0v) is 14.7. The van der Waals surface area contributed by atoms with Crippen LogP contribution in [0.3, 0.4) is 0 Å². The number of rotatable bonds is 13. The molecule has 0 spiro atoms. The molecule has 125 valence electrons. The van der Waals surface area contributed by atoms with Crippen LogP contribution in [0.15, 0.2) is 0 Å². The van der Waals surface area contributed by atoms with Crippen LogP contribution in [0.1, 0.15) is 95.5 Å². The van der Waals surface area contributed by atoms with Crippen LogP contribution in [-0.2, 0) is 19.3 Å². The lowest BCUT2D eigenvalue weighted by atomic mass is 10.1. The second-order valence-corrected chi connectivity index (χ2v) is 6.16. The molecule has 0 aliphatic rings. The molecule has 0 saturated carbocycles. The Balaban J connectivity index is 2.42. The lowest BCUT2D eigenvalue weighted by Crippen LogP contribution is -2.08. The number of hydrogen-bond acceptors (Lipinski definition) is 3. The molecule has 0 bridgehead atoms. The van der Waals surface area contributed by atoms with Crippen molar-refractivity contribution >= 4 is 0 Å². The van der Waals surface area contributed by atoms with E-state index in [2.05, 4.69) is 35.7 Å². The van der Waals surface area contributed by atoms with Crippen molar-refractivity contribution in [3.05, 3.63) is 24.4 Å². The molecule has 0 amide bonds. The second-order valence-electron chi connectivity index (χ2n) is 6.16. The number of unbranched alkanes of at least 4 members (excludes halogenated alkanes) is 8. The van der Waals surface area contributed by atoms with Gasteiger partial charge in [0.25, 0.3) is 0 Å². The van der Waals surface area contributed by atoms with E-state index in [0.29, 0.717) is 6.42 Å². The van der Waals surface area contributed by atoms with Crippen LogP contribution < -0.4 is 0 Å². The van der Waals surface area contributed by atoms with Gasteiger partial charge >= 0.3 is 0 Å². The van der Waals surface area contributed by atoms with E-state index >= 15 is 0 Å². The third-order valence-corrected chi connectivity index (χ3v) is 4.01. The van der Waals surface area contributed by atoms with Gasteiger partial charge in [-0.25, -0.2) is 15.0 Å². The molecule has 1 rings (SSSR count). The largest absolute Gasteiger partial charge is 0.218 e. The molecular formula is C19H34N3. The van der Waals surface area contributed by atoms with Gasteiger partial charge in [-0.3, -0.25) is 0 Å². The predicted molar refractivity (Wildman–Crippen MR) is 93.8 cm³/mol. The third-order valence-electron chi connectivity index (χ3n) is 4.01. The van der Waals surface area contributed by atoms with Crippen LogP contribution in [0, 0.1) is 6.92 Å². The minimum absolute atomic E-state index is 0.661. The van der Waals surface area contributed by atoms with E-state index in [1.807, 2.05) is 0 Å². The summed E-state index contributed by atoms with van der Waals surface area (Å²) >= 11 is 0. The van der Waals surface area contributed by atoms with Crippen LogP contribution in [0.2, 0.25) is 0 Å².